The molecule has 3 rings (SSSR count). The molecule has 1 amide bonds. The minimum atomic E-state index is -0.398. The van der Waals surface area contributed by atoms with Crippen molar-refractivity contribution in [1.82, 2.24) is 0 Å². The molecule has 3 aromatic rings. The van der Waals surface area contributed by atoms with Crippen LogP contribution in [0.1, 0.15) is 22.2 Å². The van der Waals surface area contributed by atoms with Gasteiger partial charge in [-0.25, -0.2) is 4.39 Å². The Hall–Kier alpha value is -2.55. The second-order valence-corrected chi connectivity index (χ2v) is 8.38. The van der Waals surface area contributed by atoms with Crippen molar-refractivity contribution in [2.75, 3.05) is 22.4 Å². The van der Waals surface area contributed by atoms with Crippen molar-refractivity contribution in [2.45, 2.75) is 11.8 Å². The third-order valence-corrected chi connectivity index (χ3v) is 6.17. The summed E-state index contributed by atoms with van der Waals surface area (Å²) < 4.78 is 17.2. The van der Waals surface area contributed by atoms with Crippen molar-refractivity contribution in [3.63, 3.8) is 0 Å². The summed E-state index contributed by atoms with van der Waals surface area (Å²) in [6.45, 7) is 1.67. The van der Waals surface area contributed by atoms with Gasteiger partial charge >= 0.3 is 0 Å². The van der Waals surface area contributed by atoms with Gasteiger partial charge in [0, 0.05) is 34.7 Å². The molecule has 0 aliphatic carbocycles. The molecule has 150 valence electrons. The average molecular weight is 449 g/mol. The quantitative estimate of drug-likeness (QED) is 0.251. The molecule has 0 aliphatic heterocycles. The van der Waals surface area contributed by atoms with Gasteiger partial charge in [-0.2, -0.15) is 0 Å². The summed E-state index contributed by atoms with van der Waals surface area (Å²) in [5, 5.41) is 15.0. The molecular formula is C20H18ClFN4OS2. The summed E-state index contributed by atoms with van der Waals surface area (Å²) in [6, 6.07) is 13.1. The first kappa shape index (κ1) is 21.2. The van der Waals surface area contributed by atoms with Gasteiger partial charge in [0.2, 0.25) is 0 Å². The van der Waals surface area contributed by atoms with E-state index in [1.54, 1.807) is 50.4 Å². The summed E-state index contributed by atoms with van der Waals surface area (Å²) in [4.78, 5) is 13.4. The fraction of sp³-hybridized carbons (Fsp3) is 0.100. The summed E-state index contributed by atoms with van der Waals surface area (Å²) in [5.41, 5.74) is 2.31. The van der Waals surface area contributed by atoms with E-state index in [4.69, 9.17) is 17.0 Å². The smallest absolute Gasteiger partial charge is 0.265 e. The molecule has 0 aliphatic rings. The predicted octanol–water partition coefficient (Wildman–Crippen LogP) is 6.34. The molecule has 0 fully saturated rings. The van der Waals surface area contributed by atoms with Gasteiger partial charge in [-0.15, -0.1) is 11.3 Å². The van der Waals surface area contributed by atoms with Gasteiger partial charge in [0.15, 0.2) is 0 Å². The van der Waals surface area contributed by atoms with Gasteiger partial charge in [0.25, 0.3) is 5.91 Å². The van der Waals surface area contributed by atoms with Crippen molar-refractivity contribution in [3.05, 3.63) is 69.8 Å². The van der Waals surface area contributed by atoms with Crippen LogP contribution in [0.15, 0.2) is 53.4 Å². The number of rotatable bonds is 7. The molecule has 2 aromatic carbocycles. The molecule has 1 heterocycles. The lowest BCUT2D eigenvalue weighted by molar-refractivity contribution is 0.103. The molecule has 0 bridgehead atoms. The molecule has 0 saturated heterocycles. The highest BCUT2D eigenvalue weighted by Gasteiger charge is 2.16. The second kappa shape index (κ2) is 9.30. The number of nitrogens with one attached hydrogen (secondary N) is 4. The lowest BCUT2D eigenvalue weighted by atomic mass is 10.2. The Morgan fingerprint density at radius 2 is 1.83 bits per heavy atom. The molecule has 0 unspecified atom stereocenters. The van der Waals surface area contributed by atoms with Crippen LogP contribution in [0.3, 0.4) is 0 Å². The molecular weight excluding hydrogens is 431 g/mol. The molecule has 0 radical (unpaired) electrons. The van der Waals surface area contributed by atoms with E-state index in [1.165, 1.54) is 23.5 Å². The highest BCUT2D eigenvalue weighted by molar-refractivity contribution is 8.00. The molecule has 0 atom stereocenters. The van der Waals surface area contributed by atoms with Crippen LogP contribution in [0.2, 0.25) is 5.02 Å². The lowest BCUT2D eigenvalue weighted by Crippen LogP contribution is -2.10. The first-order chi connectivity index (χ1) is 13.9. The number of amides is 1. The summed E-state index contributed by atoms with van der Waals surface area (Å²) in [5.74, 6) is -0.711. The van der Waals surface area contributed by atoms with Crippen LogP contribution in [0, 0.1) is 11.2 Å². The van der Waals surface area contributed by atoms with Crippen molar-refractivity contribution < 1.29 is 9.18 Å². The summed E-state index contributed by atoms with van der Waals surface area (Å²) >= 11 is 8.23. The molecule has 29 heavy (non-hydrogen) atoms. The Morgan fingerprint density at radius 3 is 2.45 bits per heavy atom. The van der Waals surface area contributed by atoms with E-state index in [0.717, 1.165) is 22.6 Å². The van der Waals surface area contributed by atoms with Gasteiger partial charge in [0.1, 0.15) is 5.82 Å². The Labute approximate surface area is 181 Å². The predicted molar refractivity (Wildman–Crippen MR) is 122 cm³/mol. The molecule has 9 heteroatoms. The van der Waals surface area contributed by atoms with Gasteiger partial charge in [-0.05, 0) is 67.4 Å². The number of carbonyl (C=O) groups excluding carboxylic acids is 1. The number of hydrogen-bond acceptors (Lipinski definition) is 6. The fourth-order valence-corrected chi connectivity index (χ4v) is 4.26. The minimum Gasteiger partial charge on any atom is -0.379 e. The van der Waals surface area contributed by atoms with Gasteiger partial charge in [-0.1, -0.05) is 11.6 Å². The highest BCUT2D eigenvalue weighted by atomic mass is 35.5. The lowest BCUT2D eigenvalue weighted by Gasteiger charge is -2.09. The zero-order chi connectivity index (χ0) is 21.0. The normalized spacial score (nSPS) is 10.5. The SMILES string of the molecule is CNc1sc(C(=O)Nc2ccc(F)c(SNc3ccc(Cl)cc3)c2)cc1C(C)=N. The minimum absolute atomic E-state index is 0.313. The standard InChI is InChI=1S/C20H18ClFN4OS2/c1-11(23)15-10-18(28-20(15)24-2)19(27)25-14-7-8-16(22)17(9-14)29-26-13-5-3-12(21)4-6-13/h3-10,23-24,26H,1-2H3,(H,25,27). The Morgan fingerprint density at radius 1 is 1.14 bits per heavy atom. The van der Waals surface area contributed by atoms with E-state index >= 15 is 0 Å². The van der Waals surface area contributed by atoms with E-state index in [9.17, 15) is 9.18 Å². The average Bonchev–Trinajstić information content (AvgIpc) is 3.14. The molecule has 0 spiro atoms. The van der Waals surface area contributed by atoms with E-state index < -0.39 is 5.82 Å². The van der Waals surface area contributed by atoms with E-state index in [0.29, 0.717) is 31.8 Å². The van der Waals surface area contributed by atoms with Gasteiger partial charge in [-0.3, -0.25) is 4.79 Å². The van der Waals surface area contributed by atoms with Crippen molar-refractivity contribution in [3.8, 4) is 0 Å². The van der Waals surface area contributed by atoms with Crippen LogP contribution < -0.4 is 15.4 Å². The second-order valence-electron chi connectivity index (χ2n) is 6.04. The maximum Gasteiger partial charge on any atom is 0.265 e. The van der Waals surface area contributed by atoms with Crippen LogP contribution >= 0.6 is 34.9 Å². The van der Waals surface area contributed by atoms with E-state index in [-0.39, 0.29) is 5.91 Å². The van der Waals surface area contributed by atoms with Crippen molar-refractivity contribution in [2.24, 2.45) is 0 Å². The van der Waals surface area contributed by atoms with Gasteiger partial charge < -0.3 is 20.8 Å². The van der Waals surface area contributed by atoms with Crippen molar-refractivity contribution >= 4 is 62.9 Å². The Bertz CT molecular complexity index is 1050. The number of thiophene rings is 1. The fourth-order valence-electron chi connectivity index (χ4n) is 2.45. The molecule has 0 saturated carbocycles. The zero-order valence-corrected chi connectivity index (χ0v) is 18.0. The number of anilines is 3. The van der Waals surface area contributed by atoms with Gasteiger partial charge in [0.05, 0.1) is 14.8 Å². The maximum absolute atomic E-state index is 14.2. The number of benzene rings is 2. The third kappa shape index (κ3) is 5.29. The van der Waals surface area contributed by atoms with E-state index in [2.05, 4.69) is 15.4 Å². The first-order valence-electron chi connectivity index (χ1n) is 8.54. The Kier molecular flexibility index (Phi) is 6.79. The van der Waals surface area contributed by atoms with Crippen LogP contribution in [-0.2, 0) is 0 Å². The van der Waals surface area contributed by atoms with Crippen molar-refractivity contribution in [1.29, 1.82) is 5.41 Å². The van der Waals surface area contributed by atoms with E-state index in [1.807, 2.05) is 0 Å². The monoisotopic (exact) mass is 448 g/mol. The molecule has 1 aromatic heterocycles. The number of carbonyl (C=O) groups is 1. The largest absolute Gasteiger partial charge is 0.379 e. The highest BCUT2D eigenvalue weighted by Crippen LogP contribution is 2.30. The number of halogens is 2. The summed E-state index contributed by atoms with van der Waals surface area (Å²) in [6.07, 6.45) is 0. The topological polar surface area (TPSA) is 77.0 Å². The van der Waals surface area contributed by atoms with Crippen LogP contribution in [0.5, 0.6) is 0 Å². The molecule has 4 N–H and O–H groups in total. The maximum atomic E-state index is 14.2. The first-order valence-corrected chi connectivity index (χ1v) is 10.5. The molecule has 5 nitrogen and oxygen atoms in total. The third-order valence-electron chi connectivity index (χ3n) is 3.90. The zero-order valence-electron chi connectivity index (χ0n) is 15.6. The summed E-state index contributed by atoms with van der Waals surface area (Å²) in [7, 11) is 1.75. The van der Waals surface area contributed by atoms with Crippen LogP contribution in [0.4, 0.5) is 20.8 Å². The van der Waals surface area contributed by atoms with Crippen LogP contribution in [0.25, 0.3) is 0 Å². The Balaban J connectivity index is 1.73. The number of hydrogen-bond donors (Lipinski definition) is 4. The van der Waals surface area contributed by atoms with Crippen LogP contribution in [-0.4, -0.2) is 18.7 Å².